The molecule has 0 radical (unpaired) electrons. The Morgan fingerprint density at radius 1 is 1.03 bits per heavy atom. The van der Waals surface area contributed by atoms with Gasteiger partial charge < -0.3 is 19.7 Å². The van der Waals surface area contributed by atoms with Crippen molar-refractivity contribution < 1.29 is 19.1 Å². The fraction of sp³-hybridized carbons (Fsp3) is 0.440. The standard InChI is InChI=1S/C25H30Cl2N2O4/c1-17(25(31)28-19-6-4-3-5-7-19)29(15-18-8-13-22(26)23(27)14-18)24(30)16-33-21-11-9-20(32-2)10-12-21/h8-14,17,19H,3-7,15-16H2,1-2H3,(H,28,31)/t17-/m1/s1. The average Bonchev–Trinajstić information content (AvgIpc) is 2.83. The number of hydrogen-bond donors (Lipinski definition) is 1. The summed E-state index contributed by atoms with van der Waals surface area (Å²) in [7, 11) is 1.58. The molecule has 1 aliphatic rings. The number of nitrogens with one attached hydrogen (secondary N) is 1. The lowest BCUT2D eigenvalue weighted by atomic mass is 9.95. The van der Waals surface area contributed by atoms with Crippen molar-refractivity contribution in [2.45, 2.75) is 57.7 Å². The van der Waals surface area contributed by atoms with Crippen LogP contribution in [0, 0.1) is 0 Å². The van der Waals surface area contributed by atoms with Crippen molar-refractivity contribution in [3.63, 3.8) is 0 Å². The normalized spacial score (nSPS) is 14.9. The summed E-state index contributed by atoms with van der Waals surface area (Å²) < 4.78 is 10.8. The van der Waals surface area contributed by atoms with E-state index in [0.717, 1.165) is 31.2 Å². The fourth-order valence-corrected chi connectivity index (χ4v) is 4.21. The molecule has 2 amide bonds. The van der Waals surface area contributed by atoms with Crippen LogP contribution in [0.5, 0.6) is 11.5 Å². The van der Waals surface area contributed by atoms with Gasteiger partial charge in [-0.1, -0.05) is 48.5 Å². The first-order chi connectivity index (χ1) is 15.9. The van der Waals surface area contributed by atoms with Gasteiger partial charge >= 0.3 is 0 Å². The molecule has 6 nitrogen and oxygen atoms in total. The highest BCUT2D eigenvalue weighted by Crippen LogP contribution is 2.24. The summed E-state index contributed by atoms with van der Waals surface area (Å²) in [4.78, 5) is 27.7. The molecular weight excluding hydrogens is 463 g/mol. The van der Waals surface area contributed by atoms with Gasteiger partial charge in [0.25, 0.3) is 5.91 Å². The number of amides is 2. The molecule has 1 N–H and O–H groups in total. The summed E-state index contributed by atoms with van der Waals surface area (Å²) in [5.41, 5.74) is 0.777. The van der Waals surface area contributed by atoms with Crippen molar-refractivity contribution in [1.29, 1.82) is 0 Å². The van der Waals surface area contributed by atoms with Crippen LogP contribution in [0.15, 0.2) is 42.5 Å². The minimum Gasteiger partial charge on any atom is -0.497 e. The number of ether oxygens (including phenoxy) is 2. The SMILES string of the molecule is COc1ccc(OCC(=O)N(Cc2ccc(Cl)c(Cl)c2)[C@H](C)C(=O)NC2CCCCC2)cc1. The van der Waals surface area contributed by atoms with E-state index in [1.165, 1.54) is 11.3 Å². The quantitative estimate of drug-likeness (QED) is 0.519. The van der Waals surface area contributed by atoms with Gasteiger partial charge in [0.15, 0.2) is 6.61 Å². The van der Waals surface area contributed by atoms with Crippen LogP contribution in [-0.4, -0.2) is 42.5 Å². The molecule has 1 aliphatic carbocycles. The van der Waals surface area contributed by atoms with E-state index in [2.05, 4.69) is 5.32 Å². The number of benzene rings is 2. The van der Waals surface area contributed by atoms with Crippen molar-refractivity contribution in [2.24, 2.45) is 0 Å². The summed E-state index contributed by atoms with van der Waals surface area (Å²) in [6.45, 7) is 1.75. The first-order valence-electron chi connectivity index (χ1n) is 11.2. The predicted octanol–water partition coefficient (Wildman–Crippen LogP) is 5.25. The van der Waals surface area contributed by atoms with Crippen LogP contribution in [0.2, 0.25) is 10.0 Å². The Bertz CT molecular complexity index is 946. The highest BCUT2D eigenvalue weighted by atomic mass is 35.5. The minimum atomic E-state index is -0.673. The summed E-state index contributed by atoms with van der Waals surface area (Å²) in [6.07, 6.45) is 5.37. The van der Waals surface area contributed by atoms with Gasteiger partial charge in [-0.3, -0.25) is 9.59 Å². The van der Waals surface area contributed by atoms with E-state index in [1.54, 1.807) is 56.5 Å². The largest absolute Gasteiger partial charge is 0.497 e. The zero-order valence-electron chi connectivity index (χ0n) is 19.0. The topological polar surface area (TPSA) is 67.9 Å². The predicted molar refractivity (Wildman–Crippen MR) is 130 cm³/mol. The van der Waals surface area contributed by atoms with Crippen LogP contribution in [0.4, 0.5) is 0 Å². The van der Waals surface area contributed by atoms with Crippen molar-refractivity contribution in [1.82, 2.24) is 10.2 Å². The maximum Gasteiger partial charge on any atom is 0.261 e. The van der Waals surface area contributed by atoms with E-state index in [0.29, 0.717) is 21.5 Å². The van der Waals surface area contributed by atoms with Crippen molar-refractivity contribution in [3.05, 3.63) is 58.1 Å². The van der Waals surface area contributed by atoms with E-state index < -0.39 is 6.04 Å². The zero-order valence-corrected chi connectivity index (χ0v) is 20.5. The number of halogens is 2. The third-order valence-corrected chi connectivity index (χ3v) is 6.62. The molecule has 0 bridgehead atoms. The van der Waals surface area contributed by atoms with Gasteiger partial charge in [-0.25, -0.2) is 0 Å². The molecule has 0 aromatic heterocycles. The van der Waals surface area contributed by atoms with E-state index in [4.69, 9.17) is 32.7 Å². The first-order valence-corrected chi connectivity index (χ1v) is 11.9. The molecule has 0 unspecified atom stereocenters. The maximum atomic E-state index is 13.2. The number of rotatable bonds is 9. The maximum absolute atomic E-state index is 13.2. The molecule has 0 heterocycles. The molecule has 0 aliphatic heterocycles. The molecule has 33 heavy (non-hydrogen) atoms. The molecule has 1 saturated carbocycles. The first kappa shape index (κ1) is 25.2. The smallest absolute Gasteiger partial charge is 0.261 e. The van der Waals surface area contributed by atoms with Gasteiger partial charge in [-0.2, -0.15) is 0 Å². The molecule has 1 fully saturated rings. The van der Waals surface area contributed by atoms with Crippen LogP contribution in [0.3, 0.4) is 0 Å². The number of nitrogens with zero attached hydrogens (tertiary/aromatic N) is 1. The average molecular weight is 493 g/mol. The molecule has 3 rings (SSSR count). The fourth-order valence-electron chi connectivity index (χ4n) is 3.89. The zero-order chi connectivity index (χ0) is 23.8. The molecule has 0 spiro atoms. The second kappa shape index (κ2) is 12.1. The van der Waals surface area contributed by atoms with Crippen molar-refractivity contribution in [3.8, 4) is 11.5 Å². The van der Waals surface area contributed by atoms with Crippen molar-refractivity contribution in [2.75, 3.05) is 13.7 Å². The molecule has 2 aromatic rings. The molecule has 8 heteroatoms. The lowest BCUT2D eigenvalue weighted by Crippen LogP contribution is -2.51. The molecular formula is C25H30Cl2N2O4. The van der Waals surface area contributed by atoms with E-state index >= 15 is 0 Å². The third-order valence-electron chi connectivity index (χ3n) is 5.88. The Labute approximate surface area is 205 Å². The van der Waals surface area contributed by atoms with E-state index in [-0.39, 0.29) is 31.0 Å². The summed E-state index contributed by atoms with van der Waals surface area (Å²) >= 11 is 12.2. The summed E-state index contributed by atoms with van der Waals surface area (Å²) in [6, 6.07) is 11.7. The Morgan fingerprint density at radius 3 is 2.33 bits per heavy atom. The molecule has 178 valence electrons. The van der Waals surface area contributed by atoms with Gasteiger partial charge in [0.1, 0.15) is 17.5 Å². The number of methoxy groups -OCH3 is 1. The number of carbonyl (C=O) groups is 2. The summed E-state index contributed by atoms with van der Waals surface area (Å²) in [5, 5.41) is 3.94. The molecule has 1 atom stereocenters. The second-order valence-electron chi connectivity index (χ2n) is 8.25. The summed E-state index contributed by atoms with van der Waals surface area (Å²) in [5.74, 6) is 0.767. The van der Waals surface area contributed by atoms with E-state index in [1.807, 2.05) is 0 Å². The highest BCUT2D eigenvalue weighted by molar-refractivity contribution is 6.42. The molecule has 2 aromatic carbocycles. The Balaban J connectivity index is 1.71. The number of carbonyl (C=O) groups excluding carboxylic acids is 2. The Morgan fingerprint density at radius 2 is 1.70 bits per heavy atom. The van der Waals surface area contributed by atoms with Crippen LogP contribution in [0.1, 0.15) is 44.6 Å². The highest BCUT2D eigenvalue weighted by Gasteiger charge is 2.28. The van der Waals surface area contributed by atoms with Crippen LogP contribution in [0.25, 0.3) is 0 Å². The Hall–Kier alpha value is -2.44. The van der Waals surface area contributed by atoms with Gasteiger partial charge in [0.2, 0.25) is 5.91 Å². The van der Waals surface area contributed by atoms with Gasteiger partial charge in [-0.05, 0) is 61.7 Å². The van der Waals surface area contributed by atoms with E-state index in [9.17, 15) is 9.59 Å². The monoisotopic (exact) mass is 492 g/mol. The second-order valence-corrected chi connectivity index (χ2v) is 9.07. The van der Waals surface area contributed by atoms with Crippen LogP contribution < -0.4 is 14.8 Å². The van der Waals surface area contributed by atoms with Crippen molar-refractivity contribution >= 4 is 35.0 Å². The van der Waals surface area contributed by atoms with Gasteiger partial charge in [0, 0.05) is 12.6 Å². The van der Waals surface area contributed by atoms with Gasteiger partial charge in [0.05, 0.1) is 17.2 Å². The molecule has 0 saturated heterocycles. The lowest BCUT2D eigenvalue weighted by molar-refractivity contribution is -0.142. The minimum absolute atomic E-state index is 0.158. The Kier molecular flexibility index (Phi) is 9.27. The third kappa shape index (κ3) is 7.27. The number of hydrogen-bond acceptors (Lipinski definition) is 4. The van der Waals surface area contributed by atoms with Crippen LogP contribution in [-0.2, 0) is 16.1 Å². The van der Waals surface area contributed by atoms with Gasteiger partial charge in [-0.15, -0.1) is 0 Å². The van der Waals surface area contributed by atoms with Crippen LogP contribution >= 0.6 is 23.2 Å². The lowest BCUT2D eigenvalue weighted by Gasteiger charge is -2.31.